The number of guanidine groups is 1. The molecule has 2 heterocycles. The fourth-order valence-electron chi connectivity index (χ4n) is 4.54. The van der Waals surface area contributed by atoms with E-state index in [1.807, 2.05) is 0 Å². The molecular weight excluding hydrogens is 328 g/mol. The maximum absolute atomic E-state index is 5.89. The Balaban J connectivity index is 1.64. The van der Waals surface area contributed by atoms with Gasteiger partial charge in [0.25, 0.3) is 0 Å². The van der Waals surface area contributed by atoms with E-state index in [9.17, 15) is 0 Å². The van der Waals surface area contributed by atoms with Crippen molar-refractivity contribution in [3.8, 4) is 0 Å². The smallest absolute Gasteiger partial charge is 0.191 e. The highest BCUT2D eigenvalue weighted by molar-refractivity contribution is 5.80. The molecule has 0 radical (unpaired) electrons. The molecule has 6 nitrogen and oxygen atoms in total. The Morgan fingerprint density at radius 3 is 2.81 bits per heavy atom. The van der Waals surface area contributed by atoms with Gasteiger partial charge in [-0.15, -0.1) is 0 Å². The van der Waals surface area contributed by atoms with Crippen molar-refractivity contribution in [2.24, 2.45) is 16.3 Å². The van der Waals surface area contributed by atoms with Gasteiger partial charge in [0.1, 0.15) is 6.54 Å². The molecule has 0 bridgehead atoms. The Kier molecular flexibility index (Phi) is 5.90. The quantitative estimate of drug-likeness (QED) is 0.574. The summed E-state index contributed by atoms with van der Waals surface area (Å²) < 4.78 is 11.4. The minimum absolute atomic E-state index is 0.131. The van der Waals surface area contributed by atoms with E-state index in [4.69, 9.17) is 14.3 Å². The van der Waals surface area contributed by atoms with Gasteiger partial charge < -0.3 is 19.9 Å². The monoisotopic (exact) mass is 362 g/mol. The molecule has 3 unspecified atom stereocenters. The van der Waals surface area contributed by atoms with Gasteiger partial charge in [0.05, 0.1) is 11.8 Å². The zero-order chi connectivity index (χ0) is 18.7. The third kappa shape index (κ3) is 3.61. The molecule has 1 aliphatic heterocycles. The van der Waals surface area contributed by atoms with Gasteiger partial charge in [-0.05, 0) is 26.2 Å². The Bertz CT molecular complexity index is 621. The van der Waals surface area contributed by atoms with Crippen molar-refractivity contribution in [3.63, 3.8) is 0 Å². The fourth-order valence-corrected chi connectivity index (χ4v) is 4.54. The van der Waals surface area contributed by atoms with Crippen LogP contribution in [0.15, 0.2) is 15.6 Å². The lowest BCUT2D eigenvalue weighted by Crippen LogP contribution is -2.67. The second kappa shape index (κ2) is 7.99. The Hall–Kier alpha value is -1.56. The van der Waals surface area contributed by atoms with Crippen LogP contribution in [-0.4, -0.2) is 36.4 Å². The number of aromatic nitrogens is 1. The molecule has 0 amide bonds. The van der Waals surface area contributed by atoms with Gasteiger partial charge in [0.2, 0.25) is 0 Å². The van der Waals surface area contributed by atoms with Crippen molar-refractivity contribution in [2.45, 2.75) is 78.5 Å². The molecule has 26 heavy (non-hydrogen) atoms. The number of ether oxygens (including phenoxy) is 1. The summed E-state index contributed by atoms with van der Waals surface area (Å²) in [7, 11) is 0. The minimum atomic E-state index is 0.131. The molecule has 1 aromatic rings. The molecular formula is C20H34N4O2. The molecule has 1 saturated carbocycles. The normalized spacial score (nSPS) is 27.3. The van der Waals surface area contributed by atoms with Gasteiger partial charge >= 0.3 is 0 Å². The van der Waals surface area contributed by atoms with Gasteiger partial charge in [0.15, 0.2) is 11.7 Å². The molecule has 2 N–H and O–H groups in total. The lowest BCUT2D eigenvalue weighted by atomic mass is 9.57. The van der Waals surface area contributed by atoms with Crippen LogP contribution in [0.2, 0.25) is 0 Å². The van der Waals surface area contributed by atoms with E-state index in [1.165, 1.54) is 0 Å². The van der Waals surface area contributed by atoms with Crippen molar-refractivity contribution in [1.29, 1.82) is 0 Å². The molecule has 0 aromatic carbocycles. The van der Waals surface area contributed by atoms with E-state index in [0.717, 1.165) is 49.8 Å². The van der Waals surface area contributed by atoms with Gasteiger partial charge in [-0.1, -0.05) is 32.9 Å². The molecule has 1 aromatic heterocycles. The van der Waals surface area contributed by atoms with Crippen molar-refractivity contribution in [3.05, 3.63) is 17.5 Å². The summed E-state index contributed by atoms with van der Waals surface area (Å²) in [5.74, 6) is 2.72. The van der Waals surface area contributed by atoms with Crippen LogP contribution >= 0.6 is 0 Å². The first-order chi connectivity index (χ1) is 12.5. The lowest BCUT2D eigenvalue weighted by molar-refractivity contribution is -0.106. The second-order valence-electron chi connectivity index (χ2n) is 8.11. The average molecular weight is 363 g/mol. The largest absolute Gasteiger partial charge is 0.377 e. The van der Waals surface area contributed by atoms with Crippen molar-refractivity contribution < 1.29 is 9.26 Å². The fraction of sp³-hybridized carbons (Fsp3) is 0.800. The van der Waals surface area contributed by atoms with Crippen LogP contribution < -0.4 is 10.6 Å². The highest BCUT2D eigenvalue weighted by atomic mass is 16.5. The molecule has 3 atom stereocenters. The molecule has 3 rings (SSSR count). The predicted molar refractivity (Wildman–Crippen MR) is 103 cm³/mol. The first-order valence-electron chi connectivity index (χ1n) is 10.1. The number of nitrogens with zero attached hydrogens (tertiary/aromatic N) is 2. The number of hydrogen-bond donors (Lipinski definition) is 2. The Labute approximate surface area is 157 Å². The maximum atomic E-state index is 5.89. The second-order valence-corrected chi connectivity index (χ2v) is 8.11. The van der Waals surface area contributed by atoms with Gasteiger partial charge in [-0.3, -0.25) is 0 Å². The topological polar surface area (TPSA) is 71.7 Å². The van der Waals surface area contributed by atoms with E-state index >= 15 is 0 Å². The Morgan fingerprint density at radius 1 is 1.35 bits per heavy atom. The van der Waals surface area contributed by atoms with E-state index in [1.54, 1.807) is 0 Å². The molecule has 146 valence electrons. The van der Waals surface area contributed by atoms with Crippen LogP contribution in [0.25, 0.3) is 0 Å². The summed E-state index contributed by atoms with van der Waals surface area (Å²) in [6.45, 7) is 13.2. The molecule has 6 heteroatoms. The van der Waals surface area contributed by atoms with Crippen LogP contribution in [0.5, 0.6) is 0 Å². The summed E-state index contributed by atoms with van der Waals surface area (Å²) in [6, 6.07) is 2.45. The zero-order valence-corrected chi connectivity index (χ0v) is 16.8. The number of rotatable bonds is 7. The highest BCUT2D eigenvalue weighted by Crippen LogP contribution is 2.52. The summed E-state index contributed by atoms with van der Waals surface area (Å²) >= 11 is 0. The molecule has 0 spiro atoms. The van der Waals surface area contributed by atoms with Crippen molar-refractivity contribution >= 4 is 5.96 Å². The van der Waals surface area contributed by atoms with Crippen LogP contribution in [-0.2, 0) is 11.3 Å². The van der Waals surface area contributed by atoms with Crippen LogP contribution in [0.1, 0.15) is 71.3 Å². The summed E-state index contributed by atoms with van der Waals surface area (Å²) in [5.41, 5.74) is 1.18. The third-order valence-corrected chi connectivity index (χ3v) is 6.11. The first kappa shape index (κ1) is 19.2. The summed E-state index contributed by atoms with van der Waals surface area (Å²) in [5, 5.41) is 11.2. The predicted octanol–water partition coefficient (Wildman–Crippen LogP) is 3.45. The summed E-state index contributed by atoms with van der Waals surface area (Å²) in [6.07, 6.45) is 3.67. The number of hydrogen-bond acceptors (Lipinski definition) is 4. The van der Waals surface area contributed by atoms with Gasteiger partial charge in [-0.25, -0.2) is 4.99 Å². The minimum Gasteiger partial charge on any atom is -0.377 e. The number of nitrogens with one attached hydrogen (secondary N) is 2. The van der Waals surface area contributed by atoms with Gasteiger partial charge in [0, 0.05) is 42.5 Å². The van der Waals surface area contributed by atoms with E-state index in [-0.39, 0.29) is 5.41 Å². The SMILES string of the molecule is CCNC(=NCc1cc(C(CC)CC)no1)NC1C2CCOC2C1(C)C. The van der Waals surface area contributed by atoms with Gasteiger partial charge in [-0.2, -0.15) is 0 Å². The van der Waals surface area contributed by atoms with Crippen LogP contribution in [0, 0.1) is 11.3 Å². The Morgan fingerprint density at radius 2 is 2.12 bits per heavy atom. The molecule has 2 fully saturated rings. The van der Waals surface area contributed by atoms with Crippen LogP contribution in [0.4, 0.5) is 0 Å². The number of aliphatic imine (C=N–C) groups is 1. The average Bonchev–Trinajstić information content (AvgIpc) is 3.27. The molecule has 2 aliphatic rings. The van der Waals surface area contributed by atoms with E-state index in [0.29, 0.717) is 30.5 Å². The standard InChI is InChI=1S/C20H34N4O2/c1-6-13(7-2)16-11-14(26-24-16)12-22-19(21-8-3)23-17-15-9-10-25-18(15)20(17,4)5/h11,13,15,17-18H,6-10,12H2,1-5H3,(H2,21,22,23). The van der Waals surface area contributed by atoms with E-state index in [2.05, 4.69) is 56.5 Å². The van der Waals surface area contributed by atoms with Crippen molar-refractivity contribution in [2.75, 3.05) is 13.2 Å². The zero-order valence-electron chi connectivity index (χ0n) is 16.8. The lowest BCUT2D eigenvalue weighted by Gasteiger charge is -2.54. The van der Waals surface area contributed by atoms with E-state index < -0.39 is 0 Å². The number of fused-ring (bicyclic) bond motifs is 1. The highest BCUT2D eigenvalue weighted by Gasteiger charge is 2.59. The first-order valence-corrected chi connectivity index (χ1v) is 10.1. The van der Waals surface area contributed by atoms with Crippen LogP contribution in [0.3, 0.4) is 0 Å². The maximum Gasteiger partial charge on any atom is 0.191 e. The summed E-state index contributed by atoms with van der Waals surface area (Å²) in [4.78, 5) is 4.73. The third-order valence-electron chi connectivity index (χ3n) is 6.11. The van der Waals surface area contributed by atoms with Crippen molar-refractivity contribution in [1.82, 2.24) is 15.8 Å². The molecule has 1 saturated heterocycles. The molecule has 1 aliphatic carbocycles.